The summed E-state index contributed by atoms with van der Waals surface area (Å²) in [7, 11) is 1.56. The molecule has 3 rings (SSSR count). The van der Waals surface area contributed by atoms with Gasteiger partial charge in [0, 0.05) is 24.0 Å². The van der Waals surface area contributed by atoms with E-state index in [2.05, 4.69) is 15.7 Å². The predicted molar refractivity (Wildman–Crippen MR) is 93.4 cm³/mol. The highest BCUT2D eigenvalue weighted by atomic mass is 19.1. The number of urea groups is 1. The summed E-state index contributed by atoms with van der Waals surface area (Å²) in [5.74, 6) is 0.759. The molecule has 2 amide bonds. The summed E-state index contributed by atoms with van der Waals surface area (Å²) in [6.07, 6.45) is 1.71. The number of nitrogens with one attached hydrogen (secondary N) is 2. The van der Waals surface area contributed by atoms with Crippen molar-refractivity contribution in [2.24, 2.45) is 0 Å². The third kappa shape index (κ3) is 4.57. The van der Waals surface area contributed by atoms with Crippen LogP contribution in [0.4, 0.5) is 20.7 Å². The van der Waals surface area contributed by atoms with E-state index >= 15 is 0 Å². The van der Waals surface area contributed by atoms with Crippen molar-refractivity contribution < 1.29 is 13.9 Å². The number of carbonyl (C=O) groups is 1. The summed E-state index contributed by atoms with van der Waals surface area (Å²) in [5.41, 5.74) is 1.39. The molecule has 128 valence electrons. The molecule has 0 atom stereocenters. The molecule has 0 aliphatic rings. The lowest BCUT2D eigenvalue weighted by atomic mass is 10.2. The predicted octanol–water partition coefficient (Wildman–Crippen LogP) is 3.72. The van der Waals surface area contributed by atoms with Crippen molar-refractivity contribution in [2.45, 2.75) is 6.54 Å². The lowest BCUT2D eigenvalue weighted by Gasteiger charge is -2.07. The van der Waals surface area contributed by atoms with E-state index in [4.69, 9.17) is 4.74 Å². The molecular weight excluding hydrogens is 323 g/mol. The highest BCUT2D eigenvalue weighted by molar-refractivity contribution is 5.99. The van der Waals surface area contributed by atoms with Gasteiger partial charge in [0.15, 0.2) is 5.82 Å². The maximum atomic E-state index is 13.2. The minimum atomic E-state index is -0.413. The molecule has 0 bridgehead atoms. The van der Waals surface area contributed by atoms with Gasteiger partial charge in [-0.1, -0.05) is 18.2 Å². The van der Waals surface area contributed by atoms with Gasteiger partial charge in [-0.3, -0.25) is 10.00 Å². The van der Waals surface area contributed by atoms with Crippen LogP contribution in [0.2, 0.25) is 0 Å². The molecule has 7 heteroatoms. The van der Waals surface area contributed by atoms with Crippen LogP contribution >= 0.6 is 0 Å². The largest absolute Gasteiger partial charge is 0.497 e. The second-order valence-electron chi connectivity index (χ2n) is 5.34. The topological polar surface area (TPSA) is 68.2 Å². The summed E-state index contributed by atoms with van der Waals surface area (Å²) in [5, 5.41) is 9.60. The van der Waals surface area contributed by atoms with Crippen molar-refractivity contribution in [3.8, 4) is 5.75 Å². The maximum Gasteiger partial charge on any atom is 0.324 e. The van der Waals surface area contributed by atoms with Crippen molar-refractivity contribution >= 4 is 17.5 Å². The van der Waals surface area contributed by atoms with E-state index in [0.29, 0.717) is 23.8 Å². The number of rotatable bonds is 5. The fraction of sp³-hybridized carbons (Fsp3) is 0.111. The van der Waals surface area contributed by atoms with Gasteiger partial charge in [-0.05, 0) is 29.8 Å². The first-order valence-electron chi connectivity index (χ1n) is 7.62. The number of anilines is 2. The van der Waals surface area contributed by atoms with E-state index in [9.17, 15) is 9.18 Å². The van der Waals surface area contributed by atoms with E-state index in [1.54, 1.807) is 54.4 Å². The average Bonchev–Trinajstić information content (AvgIpc) is 3.01. The van der Waals surface area contributed by atoms with Gasteiger partial charge in [-0.2, -0.15) is 5.10 Å². The Morgan fingerprint density at radius 3 is 2.80 bits per heavy atom. The Morgan fingerprint density at radius 1 is 1.16 bits per heavy atom. The van der Waals surface area contributed by atoms with Gasteiger partial charge in [0.05, 0.1) is 13.7 Å². The standard InChI is InChI=1S/C18H17FN4O2/c1-25-16-7-3-6-15(11-16)20-18(24)21-17-8-9-23(22-17)12-13-4-2-5-14(19)10-13/h2-11H,12H2,1H3,(H2,20,21,22,24). The summed E-state index contributed by atoms with van der Waals surface area (Å²) in [6.45, 7) is 0.414. The van der Waals surface area contributed by atoms with Crippen LogP contribution in [0.5, 0.6) is 5.75 Å². The highest BCUT2D eigenvalue weighted by Crippen LogP contribution is 2.17. The molecule has 0 unspecified atom stereocenters. The van der Waals surface area contributed by atoms with E-state index in [0.717, 1.165) is 5.56 Å². The van der Waals surface area contributed by atoms with Gasteiger partial charge in [-0.25, -0.2) is 9.18 Å². The van der Waals surface area contributed by atoms with Gasteiger partial charge < -0.3 is 10.1 Å². The Labute approximate surface area is 144 Å². The quantitative estimate of drug-likeness (QED) is 0.744. The number of hydrogen-bond donors (Lipinski definition) is 2. The fourth-order valence-electron chi connectivity index (χ4n) is 2.32. The first kappa shape index (κ1) is 16.5. The highest BCUT2D eigenvalue weighted by Gasteiger charge is 2.06. The molecule has 2 N–H and O–H groups in total. The Bertz CT molecular complexity index is 879. The van der Waals surface area contributed by atoms with Crippen LogP contribution in [-0.2, 0) is 6.54 Å². The van der Waals surface area contributed by atoms with E-state index in [1.807, 2.05) is 6.07 Å². The van der Waals surface area contributed by atoms with Crippen molar-refractivity contribution in [3.05, 3.63) is 72.2 Å². The van der Waals surface area contributed by atoms with E-state index < -0.39 is 6.03 Å². The Kier molecular flexibility index (Phi) is 4.94. The zero-order valence-corrected chi connectivity index (χ0v) is 13.6. The molecule has 25 heavy (non-hydrogen) atoms. The van der Waals surface area contributed by atoms with E-state index in [1.165, 1.54) is 12.1 Å². The lowest BCUT2D eigenvalue weighted by Crippen LogP contribution is -2.19. The monoisotopic (exact) mass is 340 g/mol. The Hall–Kier alpha value is -3.35. The second kappa shape index (κ2) is 7.48. The van der Waals surface area contributed by atoms with Gasteiger partial charge in [0.2, 0.25) is 0 Å². The molecule has 1 heterocycles. The van der Waals surface area contributed by atoms with Crippen molar-refractivity contribution in [2.75, 3.05) is 17.7 Å². The van der Waals surface area contributed by atoms with Crippen LogP contribution in [0, 0.1) is 5.82 Å². The summed E-state index contributed by atoms with van der Waals surface area (Å²) in [6, 6.07) is 14.6. The first-order valence-corrected chi connectivity index (χ1v) is 7.62. The molecule has 0 aliphatic carbocycles. The molecule has 6 nitrogen and oxygen atoms in total. The number of benzene rings is 2. The number of aromatic nitrogens is 2. The van der Waals surface area contributed by atoms with Crippen LogP contribution in [0.15, 0.2) is 60.8 Å². The second-order valence-corrected chi connectivity index (χ2v) is 5.34. The van der Waals surface area contributed by atoms with Crippen LogP contribution in [-0.4, -0.2) is 22.9 Å². The maximum absolute atomic E-state index is 13.2. The number of ether oxygens (including phenoxy) is 1. The number of methoxy groups -OCH3 is 1. The summed E-state index contributed by atoms with van der Waals surface area (Å²) in [4.78, 5) is 12.0. The van der Waals surface area contributed by atoms with Crippen LogP contribution in [0.3, 0.4) is 0 Å². The van der Waals surface area contributed by atoms with E-state index in [-0.39, 0.29) is 5.82 Å². The average molecular weight is 340 g/mol. The number of carbonyl (C=O) groups excluding carboxylic acids is 1. The number of halogens is 1. The molecule has 1 aromatic heterocycles. The fourth-order valence-corrected chi connectivity index (χ4v) is 2.32. The molecular formula is C18H17FN4O2. The molecule has 0 fully saturated rings. The summed E-state index contributed by atoms with van der Waals surface area (Å²) >= 11 is 0. The van der Waals surface area contributed by atoms with Crippen molar-refractivity contribution in [3.63, 3.8) is 0 Å². The van der Waals surface area contributed by atoms with Crippen LogP contribution in [0.1, 0.15) is 5.56 Å². The number of amides is 2. The smallest absolute Gasteiger partial charge is 0.324 e. The molecule has 0 aliphatic heterocycles. The minimum absolute atomic E-state index is 0.291. The third-order valence-corrected chi connectivity index (χ3v) is 3.44. The minimum Gasteiger partial charge on any atom is -0.497 e. The van der Waals surface area contributed by atoms with Gasteiger partial charge in [-0.15, -0.1) is 0 Å². The number of hydrogen-bond acceptors (Lipinski definition) is 3. The molecule has 0 spiro atoms. The van der Waals surface area contributed by atoms with Crippen LogP contribution in [0.25, 0.3) is 0 Å². The molecule has 0 saturated carbocycles. The Balaban J connectivity index is 1.59. The third-order valence-electron chi connectivity index (χ3n) is 3.44. The van der Waals surface area contributed by atoms with Crippen molar-refractivity contribution in [1.29, 1.82) is 0 Å². The molecule has 0 radical (unpaired) electrons. The van der Waals surface area contributed by atoms with Crippen LogP contribution < -0.4 is 15.4 Å². The summed E-state index contributed by atoms with van der Waals surface area (Å²) < 4.78 is 19.9. The zero-order chi connectivity index (χ0) is 17.6. The van der Waals surface area contributed by atoms with Crippen molar-refractivity contribution in [1.82, 2.24) is 9.78 Å². The lowest BCUT2D eigenvalue weighted by molar-refractivity contribution is 0.262. The molecule has 3 aromatic rings. The zero-order valence-electron chi connectivity index (χ0n) is 13.6. The van der Waals surface area contributed by atoms with Gasteiger partial charge in [0.25, 0.3) is 0 Å². The molecule has 0 saturated heterocycles. The van der Waals surface area contributed by atoms with Gasteiger partial charge in [0.1, 0.15) is 11.6 Å². The van der Waals surface area contributed by atoms with Gasteiger partial charge >= 0.3 is 6.03 Å². The molecule has 2 aromatic carbocycles. The normalized spacial score (nSPS) is 10.3. The Morgan fingerprint density at radius 2 is 2.00 bits per heavy atom. The first-order chi connectivity index (χ1) is 12.1. The SMILES string of the molecule is COc1cccc(NC(=O)Nc2ccn(Cc3cccc(F)c3)n2)c1. The number of nitrogens with zero attached hydrogens (tertiary/aromatic N) is 2.